The molecule has 0 spiro atoms. The van der Waals surface area contributed by atoms with Gasteiger partial charge in [-0.2, -0.15) is 0 Å². The number of sulfone groups is 1. The fourth-order valence-electron chi connectivity index (χ4n) is 0.149. The fraction of sp³-hybridized carbons (Fsp3) is 1.00. The molecular formula is C4H10O3S. The Hall–Kier alpha value is -0.0900. The molecule has 0 radical (unpaired) electrons. The van der Waals surface area contributed by atoms with Crippen molar-refractivity contribution in [1.82, 2.24) is 0 Å². The number of hydrogen-bond donors (Lipinski definition) is 1. The Labute approximate surface area is 49.3 Å². The van der Waals surface area contributed by atoms with E-state index >= 15 is 0 Å². The molecular weight excluding hydrogens is 128 g/mol. The number of rotatable bonds is 2. The van der Waals surface area contributed by atoms with Crippen LogP contribution >= 0.6 is 0 Å². The first-order valence-electron chi connectivity index (χ1n) is 2.33. The van der Waals surface area contributed by atoms with E-state index in [4.69, 9.17) is 5.11 Å². The molecule has 3 nitrogen and oxygen atoms in total. The second-order valence-electron chi connectivity index (χ2n) is 1.84. The van der Waals surface area contributed by atoms with E-state index in [0.29, 0.717) is 0 Å². The van der Waals surface area contributed by atoms with Gasteiger partial charge in [-0.15, -0.1) is 0 Å². The average molecular weight is 138 g/mol. The molecule has 0 aliphatic carbocycles. The first-order valence-corrected chi connectivity index (χ1v) is 4.04. The highest BCUT2D eigenvalue weighted by molar-refractivity contribution is 7.91. The third-order valence-corrected chi connectivity index (χ3v) is 2.69. The monoisotopic (exact) mass is 138 g/mol. The zero-order valence-electron chi connectivity index (χ0n) is 4.96. The summed E-state index contributed by atoms with van der Waals surface area (Å²) in [5.41, 5.74) is 0. The Morgan fingerprint density at radius 1 is 1.50 bits per heavy atom. The summed E-state index contributed by atoms with van der Waals surface area (Å²) in [6.07, 6.45) is 0. The van der Waals surface area contributed by atoms with Crippen LogP contribution in [-0.4, -0.2) is 24.7 Å². The second kappa shape index (κ2) is 2.46. The van der Waals surface area contributed by atoms with Crippen molar-refractivity contribution in [3.63, 3.8) is 0 Å². The molecule has 0 rings (SSSR count). The van der Waals surface area contributed by atoms with Gasteiger partial charge in [0, 0.05) is 0 Å². The first kappa shape index (κ1) is 7.91. The van der Waals surface area contributed by atoms with Gasteiger partial charge >= 0.3 is 0 Å². The molecule has 0 saturated carbocycles. The summed E-state index contributed by atoms with van der Waals surface area (Å²) < 4.78 is 20.9. The third-order valence-electron chi connectivity index (χ3n) is 0.898. The normalized spacial score (nSPS) is 12.5. The predicted octanol–water partition coefficient (Wildman–Crippen LogP) is -0.241. The number of hydrogen-bond acceptors (Lipinski definition) is 3. The molecule has 0 aliphatic rings. The molecule has 0 saturated heterocycles. The first-order chi connectivity index (χ1) is 3.50. The van der Waals surface area contributed by atoms with Crippen molar-refractivity contribution < 1.29 is 13.5 Å². The average Bonchev–Trinajstić information content (AvgIpc) is 1.67. The van der Waals surface area contributed by atoms with Crippen molar-refractivity contribution in [1.29, 1.82) is 0 Å². The highest BCUT2D eigenvalue weighted by Gasteiger charge is 2.12. The molecule has 0 fully saturated rings. The Kier molecular flexibility index (Phi) is 2.43. The van der Waals surface area contributed by atoms with Gasteiger partial charge in [-0.1, -0.05) is 0 Å². The lowest BCUT2D eigenvalue weighted by Crippen LogP contribution is -2.16. The van der Waals surface area contributed by atoms with Crippen molar-refractivity contribution in [2.45, 2.75) is 19.1 Å². The van der Waals surface area contributed by atoms with Crippen LogP contribution in [0.3, 0.4) is 0 Å². The quantitative estimate of drug-likeness (QED) is 0.573. The van der Waals surface area contributed by atoms with Gasteiger partial charge in [-0.25, -0.2) is 8.42 Å². The maximum absolute atomic E-state index is 10.4. The predicted molar refractivity (Wildman–Crippen MR) is 31.1 cm³/mol. The summed E-state index contributed by atoms with van der Waals surface area (Å²) >= 11 is 0. The maximum Gasteiger partial charge on any atom is 0.176 e. The van der Waals surface area contributed by atoms with E-state index in [1.54, 1.807) is 0 Å². The molecule has 0 bridgehead atoms. The van der Waals surface area contributed by atoms with Crippen LogP contribution in [0.25, 0.3) is 0 Å². The summed E-state index contributed by atoms with van der Waals surface area (Å²) in [4.78, 5) is 0. The van der Waals surface area contributed by atoms with Crippen molar-refractivity contribution >= 4 is 9.84 Å². The lowest BCUT2D eigenvalue weighted by Gasteiger charge is -2.00. The van der Waals surface area contributed by atoms with Crippen molar-refractivity contribution in [2.24, 2.45) is 0 Å². The van der Waals surface area contributed by atoms with Crippen LogP contribution in [0.2, 0.25) is 0 Å². The van der Waals surface area contributed by atoms with E-state index in [0.717, 1.165) is 0 Å². The zero-order chi connectivity index (χ0) is 6.78. The number of aliphatic hydroxyl groups excluding tert-OH is 1. The van der Waals surface area contributed by atoms with E-state index in [2.05, 4.69) is 0 Å². The highest BCUT2D eigenvalue weighted by atomic mass is 32.2. The minimum atomic E-state index is -3.18. The highest BCUT2D eigenvalue weighted by Crippen LogP contribution is 1.96. The lowest BCUT2D eigenvalue weighted by atomic mass is 10.6. The summed E-state index contributed by atoms with van der Waals surface area (Å²) in [5.74, 6) is -0.745. The van der Waals surface area contributed by atoms with E-state index in [1.807, 2.05) is 0 Å². The van der Waals surface area contributed by atoms with E-state index in [-0.39, 0.29) is 0 Å². The Morgan fingerprint density at radius 2 is 1.88 bits per heavy atom. The molecule has 0 heterocycles. The van der Waals surface area contributed by atoms with Crippen LogP contribution in [0.1, 0.15) is 13.8 Å². The molecule has 0 aromatic carbocycles. The summed E-state index contributed by atoms with van der Waals surface area (Å²) in [6.45, 7) is 3.07. The van der Waals surface area contributed by atoms with Crippen LogP contribution in [0.15, 0.2) is 0 Å². The van der Waals surface area contributed by atoms with Gasteiger partial charge in [0.05, 0.1) is 5.25 Å². The van der Waals surface area contributed by atoms with Crippen LogP contribution in [-0.2, 0) is 9.84 Å². The lowest BCUT2D eigenvalue weighted by molar-refractivity contribution is 0.357. The standard InChI is InChI=1S/C4H10O3S/c1-4(2)8(6,7)3-5/h4-5H,3H2,1-2H3. The van der Waals surface area contributed by atoms with E-state index in [9.17, 15) is 8.42 Å². The molecule has 0 atom stereocenters. The molecule has 0 amide bonds. The minimum Gasteiger partial charge on any atom is -0.380 e. The van der Waals surface area contributed by atoms with Gasteiger partial charge in [0.2, 0.25) is 0 Å². The fourth-order valence-corrected chi connectivity index (χ4v) is 0.447. The maximum atomic E-state index is 10.4. The zero-order valence-corrected chi connectivity index (χ0v) is 5.77. The van der Waals surface area contributed by atoms with Crippen molar-refractivity contribution in [3.8, 4) is 0 Å². The summed E-state index contributed by atoms with van der Waals surface area (Å²) in [7, 11) is -3.18. The van der Waals surface area contributed by atoms with Gasteiger partial charge in [0.25, 0.3) is 0 Å². The van der Waals surface area contributed by atoms with Gasteiger partial charge in [0.1, 0.15) is 5.94 Å². The molecule has 50 valence electrons. The Balaban J connectivity index is 4.17. The molecule has 8 heavy (non-hydrogen) atoms. The summed E-state index contributed by atoms with van der Waals surface area (Å²) in [6, 6.07) is 0. The number of aliphatic hydroxyl groups is 1. The van der Waals surface area contributed by atoms with Crippen LogP contribution in [0.4, 0.5) is 0 Å². The van der Waals surface area contributed by atoms with Gasteiger partial charge in [-0.05, 0) is 13.8 Å². The van der Waals surface area contributed by atoms with Crippen LogP contribution in [0.5, 0.6) is 0 Å². The SMILES string of the molecule is CC(C)S(=O)(=O)CO. The molecule has 0 aromatic rings. The van der Waals surface area contributed by atoms with Crippen LogP contribution in [0, 0.1) is 0 Å². The van der Waals surface area contributed by atoms with E-state index in [1.165, 1.54) is 13.8 Å². The largest absolute Gasteiger partial charge is 0.380 e. The van der Waals surface area contributed by atoms with E-state index < -0.39 is 21.0 Å². The third kappa shape index (κ3) is 1.79. The Morgan fingerprint density at radius 3 is 1.88 bits per heavy atom. The van der Waals surface area contributed by atoms with Crippen molar-refractivity contribution in [2.75, 3.05) is 5.94 Å². The second-order valence-corrected chi connectivity index (χ2v) is 4.37. The van der Waals surface area contributed by atoms with Gasteiger partial charge < -0.3 is 5.11 Å². The van der Waals surface area contributed by atoms with Gasteiger partial charge in [-0.3, -0.25) is 0 Å². The molecule has 0 aromatic heterocycles. The molecule has 4 heteroatoms. The van der Waals surface area contributed by atoms with Crippen molar-refractivity contribution in [3.05, 3.63) is 0 Å². The summed E-state index contributed by atoms with van der Waals surface area (Å²) in [5, 5.41) is 7.71. The van der Waals surface area contributed by atoms with Gasteiger partial charge in [0.15, 0.2) is 9.84 Å². The Bertz CT molecular complexity index is 145. The smallest absolute Gasteiger partial charge is 0.176 e. The molecule has 0 aliphatic heterocycles. The van der Waals surface area contributed by atoms with Crippen LogP contribution < -0.4 is 0 Å². The molecule has 0 unspecified atom stereocenters. The topological polar surface area (TPSA) is 54.4 Å². The molecule has 1 N–H and O–H groups in total. The minimum absolute atomic E-state index is 0.465.